The summed E-state index contributed by atoms with van der Waals surface area (Å²) in [6, 6.07) is 0. The molecule has 0 spiro atoms. The van der Waals surface area contributed by atoms with Gasteiger partial charge in [-0.05, 0) is 53.1 Å². The van der Waals surface area contributed by atoms with E-state index in [4.69, 9.17) is 5.73 Å². The maximum Gasteiger partial charge on any atom is 0.157 e. The van der Waals surface area contributed by atoms with Crippen molar-refractivity contribution in [3.05, 3.63) is 17.0 Å². The molecule has 110 valence electrons. The second kappa shape index (κ2) is 5.63. The van der Waals surface area contributed by atoms with Crippen molar-refractivity contribution in [1.29, 1.82) is 0 Å². The fraction of sp³-hybridized carbons (Fsp3) is 0.769. The molecule has 0 saturated carbocycles. The zero-order chi connectivity index (χ0) is 14.8. The van der Waals surface area contributed by atoms with Crippen molar-refractivity contribution in [1.82, 2.24) is 9.78 Å². The van der Waals surface area contributed by atoms with Crippen LogP contribution in [0.2, 0.25) is 0 Å². The van der Waals surface area contributed by atoms with Crippen LogP contribution in [0.3, 0.4) is 0 Å². The molecule has 0 unspecified atom stereocenters. The molecule has 0 atom stereocenters. The number of hydrogen-bond donors (Lipinski definition) is 1. The van der Waals surface area contributed by atoms with Gasteiger partial charge in [-0.1, -0.05) is 0 Å². The number of aromatic nitrogens is 2. The lowest BCUT2D eigenvalue weighted by Crippen LogP contribution is -2.32. The number of aryl methyl sites for hydroxylation is 2. The molecule has 2 N–H and O–H groups in total. The van der Waals surface area contributed by atoms with Gasteiger partial charge in [0, 0.05) is 5.69 Å². The summed E-state index contributed by atoms with van der Waals surface area (Å²) >= 11 is 0. The van der Waals surface area contributed by atoms with Gasteiger partial charge in [-0.15, -0.1) is 0 Å². The molecule has 1 aromatic rings. The molecule has 19 heavy (non-hydrogen) atoms. The molecule has 0 radical (unpaired) electrons. The minimum atomic E-state index is -3.11. The highest BCUT2D eigenvalue weighted by Crippen LogP contribution is 2.18. The van der Waals surface area contributed by atoms with E-state index < -0.39 is 14.6 Å². The maximum atomic E-state index is 12.1. The van der Waals surface area contributed by atoms with Crippen LogP contribution in [0.25, 0.3) is 0 Å². The van der Waals surface area contributed by atoms with E-state index in [1.54, 1.807) is 25.5 Å². The fourth-order valence-corrected chi connectivity index (χ4v) is 3.00. The Labute approximate surface area is 116 Å². The van der Waals surface area contributed by atoms with E-state index in [2.05, 4.69) is 5.10 Å². The number of rotatable bonds is 5. The van der Waals surface area contributed by atoms with Crippen molar-refractivity contribution in [3.8, 4) is 0 Å². The first-order chi connectivity index (χ1) is 8.60. The largest absolute Gasteiger partial charge is 0.330 e. The second-order valence-electron chi connectivity index (χ2n) is 5.84. The van der Waals surface area contributed by atoms with Crippen LogP contribution >= 0.6 is 0 Å². The third kappa shape index (κ3) is 3.57. The van der Waals surface area contributed by atoms with Gasteiger partial charge in [-0.3, -0.25) is 4.68 Å². The van der Waals surface area contributed by atoms with Crippen molar-refractivity contribution in [2.75, 3.05) is 12.3 Å². The topological polar surface area (TPSA) is 78.0 Å². The predicted octanol–water partition coefficient (Wildman–Crippen LogP) is 1.21. The molecule has 0 aliphatic rings. The van der Waals surface area contributed by atoms with E-state index in [0.29, 0.717) is 13.1 Å². The summed E-state index contributed by atoms with van der Waals surface area (Å²) in [4.78, 5) is 0. The summed E-state index contributed by atoms with van der Waals surface area (Å²) in [5.41, 5.74) is 8.67. The molecular weight excluding hydrogens is 262 g/mol. The van der Waals surface area contributed by atoms with Crippen LogP contribution in [-0.4, -0.2) is 35.2 Å². The van der Waals surface area contributed by atoms with Crippen molar-refractivity contribution >= 4 is 9.84 Å². The molecule has 0 fully saturated rings. The number of nitrogens with two attached hydrogens (primary N) is 1. The van der Waals surface area contributed by atoms with Crippen molar-refractivity contribution < 1.29 is 8.42 Å². The zero-order valence-corrected chi connectivity index (χ0v) is 13.3. The molecule has 0 aromatic carbocycles. The van der Waals surface area contributed by atoms with Crippen molar-refractivity contribution in [2.24, 2.45) is 5.73 Å². The van der Waals surface area contributed by atoms with E-state index in [1.807, 2.05) is 13.8 Å². The third-order valence-electron chi connectivity index (χ3n) is 3.43. The Morgan fingerprint density at radius 2 is 1.84 bits per heavy atom. The van der Waals surface area contributed by atoms with Gasteiger partial charge in [-0.25, -0.2) is 8.42 Å². The standard InChI is InChI=1S/C13H25N3O2S/c1-10-12(6-7-14)11(2)16(15-10)8-9-19(17,18)13(3,4)5/h6-9,14H2,1-5H3. The van der Waals surface area contributed by atoms with Crippen LogP contribution in [-0.2, 0) is 22.8 Å². The van der Waals surface area contributed by atoms with Crippen LogP contribution in [0, 0.1) is 13.8 Å². The molecule has 0 saturated heterocycles. The van der Waals surface area contributed by atoms with Crippen LogP contribution in [0.1, 0.15) is 37.7 Å². The summed E-state index contributed by atoms with van der Waals surface area (Å²) < 4.78 is 25.2. The molecule has 0 aliphatic heterocycles. The van der Waals surface area contributed by atoms with Crippen LogP contribution in [0.15, 0.2) is 0 Å². The lowest BCUT2D eigenvalue weighted by Gasteiger charge is -2.19. The monoisotopic (exact) mass is 287 g/mol. The molecule has 6 heteroatoms. The summed E-state index contributed by atoms with van der Waals surface area (Å²) in [5, 5.41) is 4.41. The number of sulfone groups is 1. The molecule has 0 amide bonds. The molecule has 0 bridgehead atoms. The van der Waals surface area contributed by atoms with Gasteiger partial charge in [0.2, 0.25) is 0 Å². The van der Waals surface area contributed by atoms with Gasteiger partial charge in [-0.2, -0.15) is 5.10 Å². The van der Waals surface area contributed by atoms with Gasteiger partial charge >= 0.3 is 0 Å². The van der Waals surface area contributed by atoms with E-state index >= 15 is 0 Å². The first kappa shape index (κ1) is 16.2. The van der Waals surface area contributed by atoms with Gasteiger partial charge in [0.15, 0.2) is 9.84 Å². The highest BCUT2D eigenvalue weighted by Gasteiger charge is 2.28. The second-order valence-corrected chi connectivity index (χ2v) is 8.70. The van der Waals surface area contributed by atoms with Crippen molar-refractivity contribution in [3.63, 3.8) is 0 Å². The van der Waals surface area contributed by atoms with Gasteiger partial charge in [0.05, 0.1) is 22.7 Å². The summed E-state index contributed by atoms with van der Waals surface area (Å²) in [6.07, 6.45) is 0.781. The Kier molecular flexibility index (Phi) is 4.79. The average molecular weight is 287 g/mol. The van der Waals surface area contributed by atoms with Crippen LogP contribution in [0.5, 0.6) is 0 Å². The van der Waals surface area contributed by atoms with Crippen LogP contribution < -0.4 is 5.73 Å². The lowest BCUT2D eigenvalue weighted by molar-refractivity contribution is 0.545. The summed E-state index contributed by atoms with van der Waals surface area (Å²) in [7, 11) is -3.11. The fourth-order valence-electron chi connectivity index (χ4n) is 1.97. The Morgan fingerprint density at radius 3 is 2.32 bits per heavy atom. The highest BCUT2D eigenvalue weighted by atomic mass is 32.2. The average Bonchev–Trinajstić information content (AvgIpc) is 2.53. The summed E-state index contributed by atoms with van der Waals surface area (Å²) in [6.45, 7) is 10.1. The van der Waals surface area contributed by atoms with Crippen molar-refractivity contribution in [2.45, 2.75) is 52.3 Å². The molecule has 1 rings (SSSR count). The summed E-state index contributed by atoms with van der Waals surface area (Å²) in [5.74, 6) is 0.112. The first-order valence-electron chi connectivity index (χ1n) is 6.55. The highest BCUT2D eigenvalue weighted by molar-refractivity contribution is 7.92. The van der Waals surface area contributed by atoms with Crippen LogP contribution in [0.4, 0.5) is 0 Å². The normalized spacial score (nSPS) is 12.9. The minimum Gasteiger partial charge on any atom is -0.330 e. The van der Waals surface area contributed by atoms with E-state index in [9.17, 15) is 8.42 Å². The first-order valence-corrected chi connectivity index (χ1v) is 8.20. The number of hydrogen-bond acceptors (Lipinski definition) is 4. The Bertz CT molecular complexity index is 539. The Balaban J connectivity index is 2.88. The van der Waals surface area contributed by atoms with Gasteiger partial charge in [0.1, 0.15) is 0 Å². The van der Waals surface area contributed by atoms with E-state index in [-0.39, 0.29) is 5.75 Å². The molecule has 5 nitrogen and oxygen atoms in total. The van der Waals surface area contributed by atoms with E-state index in [1.165, 1.54) is 0 Å². The zero-order valence-electron chi connectivity index (χ0n) is 12.5. The third-order valence-corrected chi connectivity index (χ3v) is 6.02. The SMILES string of the molecule is Cc1nn(CCS(=O)(=O)C(C)(C)C)c(C)c1CCN. The van der Waals surface area contributed by atoms with E-state index in [0.717, 1.165) is 23.4 Å². The molecule has 0 aliphatic carbocycles. The molecular formula is C13H25N3O2S. The van der Waals surface area contributed by atoms with Gasteiger partial charge < -0.3 is 5.73 Å². The lowest BCUT2D eigenvalue weighted by atomic mass is 10.1. The Hall–Kier alpha value is -0.880. The maximum absolute atomic E-state index is 12.1. The molecule has 1 aromatic heterocycles. The molecule has 1 heterocycles. The van der Waals surface area contributed by atoms with Gasteiger partial charge in [0.25, 0.3) is 0 Å². The smallest absolute Gasteiger partial charge is 0.157 e. The predicted molar refractivity (Wildman–Crippen MR) is 78.0 cm³/mol. The number of nitrogens with zero attached hydrogens (tertiary/aromatic N) is 2. The Morgan fingerprint density at radius 1 is 1.26 bits per heavy atom. The quantitative estimate of drug-likeness (QED) is 0.883. The minimum absolute atomic E-state index is 0.112.